The lowest BCUT2D eigenvalue weighted by atomic mass is 10.1. The van der Waals surface area contributed by atoms with Crippen LogP contribution in [0.15, 0.2) is 42.5 Å². The molecule has 4 heteroatoms. The molecule has 0 fully saturated rings. The molecule has 0 aromatic heterocycles. The molecule has 2 aromatic carbocycles. The number of ether oxygens (including phenoxy) is 1. The van der Waals surface area contributed by atoms with Crippen molar-refractivity contribution in [3.8, 4) is 5.75 Å². The number of nitrogens with two attached hydrogens (primary N) is 1. The molecule has 0 aliphatic rings. The van der Waals surface area contributed by atoms with E-state index in [1.54, 1.807) is 31.2 Å². The fraction of sp³-hybridized carbons (Fsp3) is 0.235. The van der Waals surface area contributed by atoms with Crippen molar-refractivity contribution in [2.75, 3.05) is 11.1 Å². The Hall–Kier alpha value is -2.49. The summed E-state index contributed by atoms with van der Waals surface area (Å²) in [5.41, 5.74) is 9.08. The Kier molecular flexibility index (Phi) is 4.48. The molecule has 4 nitrogen and oxygen atoms in total. The average Bonchev–Trinajstić information content (AvgIpc) is 2.45. The number of hydrogen-bond acceptors (Lipinski definition) is 3. The zero-order valence-corrected chi connectivity index (χ0v) is 12.5. The van der Waals surface area contributed by atoms with Crippen molar-refractivity contribution >= 4 is 17.3 Å². The highest BCUT2D eigenvalue weighted by atomic mass is 16.5. The summed E-state index contributed by atoms with van der Waals surface area (Å²) in [6.45, 7) is 5.68. The Morgan fingerprint density at radius 3 is 2.48 bits per heavy atom. The van der Waals surface area contributed by atoms with Crippen LogP contribution in [0.2, 0.25) is 0 Å². The van der Waals surface area contributed by atoms with Crippen LogP contribution < -0.4 is 15.8 Å². The zero-order chi connectivity index (χ0) is 15.4. The number of nitrogens with one attached hydrogen (secondary N) is 1. The molecule has 0 saturated carbocycles. The van der Waals surface area contributed by atoms with Gasteiger partial charge in [0, 0.05) is 11.4 Å². The van der Waals surface area contributed by atoms with Gasteiger partial charge in [0.1, 0.15) is 5.75 Å². The highest BCUT2D eigenvalue weighted by Crippen LogP contribution is 2.21. The van der Waals surface area contributed by atoms with Crippen molar-refractivity contribution in [3.63, 3.8) is 0 Å². The maximum Gasteiger partial charge on any atom is 0.265 e. The van der Waals surface area contributed by atoms with E-state index in [-0.39, 0.29) is 5.91 Å². The van der Waals surface area contributed by atoms with Gasteiger partial charge >= 0.3 is 0 Å². The normalized spacial score (nSPS) is 11.8. The van der Waals surface area contributed by atoms with Crippen LogP contribution >= 0.6 is 0 Å². The van der Waals surface area contributed by atoms with Crippen LogP contribution in [0, 0.1) is 13.8 Å². The van der Waals surface area contributed by atoms with E-state index in [4.69, 9.17) is 10.5 Å². The van der Waals surface area contributed by atoms with Gasteiger partial charge in [-0.1, -0.05) is 12.1 Å². The van der Waals surface area contributed by atoms with Crippen LogP contribution in [0.4, 0.5) is 11.4 Å². The van der Waals surface area contributed by atoms with Crippen LogP contribution in [0.3, 0.4) is 0 Å². The van der Waals surface area contributed by atoms with Crippen LogP contribution in [0.5, 0.6) is 5.75 Å². The van der Waals surface area contributed by atoms with Gasteiger partial charge in [-0.3, -0.25) is 4.79 Å². The highest BCUT2D eigenvalue weighted by Gasteiger charge is 2.15. The number of benzene rings is 2. The summed E-state index contributed by atoms with van der Waals surface area (Å²) < 4.78 is 5.75. The summed E-state index contributed by atoms with van der Waals surface area (Å²) in [7, 11) is 0. The second-order valence-corrected chi connectivity index (χ2v) is 5.14. The number of anilines is 2. The van der Waals surface area contributed by atoms with Gasteiger partial charge in [0.25, 0.3) is 5.91 Å². The van der Waals surface area contributed by atoms with Crippen molar-refractivity contribution in [2.45, 2.75) is 26.9 Å². The van der Waals surface area contributed by atoms with E-state index >= 15 is 0 Å². The molecule has 0 radical (unpaired) electrons. The number of hydrogen-bond donors (Lipinski definition) is 2. The van der Waals surface area contributed by atoms with E-state index in [9.17, 15) is 4.79 Å². The van der Waals surface area contributed by atoms with E-state index in [1.807, 2.05) is 32.0 Å². The third-order valence-electron chi connectivity index (χ3n) is 3.19. The average molecular weight is 284 g/mol. The monoisotopic (exact) mass is 284 g/mol. The minimum atomic E-state index is -0.581. The van der Waals surface area contributed by atoms with Gasteiger partial charge in [-0.05, 0) is 62.2 Å². The van der Waals surface area contributed by atoms with Gasteiger partial charge in [0.15, 0.2) is 6.10 Å². The van der Waals surface area contributed by atoms with Crippen LogP contribution in [-0.4, -0.2) is 12.0 Å². The molecule has 2 aromatic rings. The minimum Gasteiger partial charge on any atom is -0.481 e. The Bertz CT molecular complexity index is 636. The molecule has 0 aliphatic carbocycles. The molecule has 0 aliphatic heterocycles. The van der Waals surface area contributed by atoms with E-state index < -0.39 is 6.10 Å². The van der Waals surface area contributed by atoms with Gasteiger partial charge in [0.05, 0.1) is 0 Å². The molecule has 110 valence electrons. The molecule has 21 heavy (non-hydrogen) atoms. The van der Waals surface area contributed by atoms with Gasteiger partial charge < -0.3 is 15.8 Å². The molecular weight excluding hydrogens is 264 g/mol. The predicted molar refractivity (Wildman–Crippen MR) is 85.5 cm³/mol. The molecule has 1 amide bonds. The first-order chi connectivity index (χ1) is 9.95. The van der Waals surface area contributed by atoms with Crippen molar-refractivity contribution in [3.05, 3.63) is 53.6 Å². The standard InChI is InChI=1S/C17H20N2O2/c1-11-4-5-12(2)16(10-11)21-13(3)17(20)19-15-8-6-14(18)7-9-15/h4-10,13H,18H2,1-3H3,(H,19,20). The first-order valence-electron chi connectivity index (χ1n) is 6.86. The van der Waals surface area contributed by atoms with Crippen LogP contribution in [-0.2, 0) is 4.79 Å². The van der Waals surface area contributed by atoms with E-state index in [1.165, 1.54) is 0 Å². The Labute approximate surface area is 124 Å². The van der Waals surface area contributed by atoms with Gasteiger partial charge in [-0.25, -0.2) is 0 Å². The molecule has 1 atom stereocenters. The highest BCUT2D eigenvalue weighted by molar-refractivity contribution is 5.94. The SMILES string of the molecule is Cc1ccc(C)c(OC(C)C(=O)Nc2ccc(N)cc2)c1. The fourth-order valence-corrected chi connectivity index (χ4v) is 1.89. The largest absolute Gasteiger partial charge is 0.481 e. The predicted octanol–water partition coefficient (Wildman–Crippen LogP) is 3.29. The van der Waals surface area contributed by atoms with Crippen molar-refractivity contribution in [2.24, 2.45) is 0 Å². The van der Waals surface area contributed by atoms with E-state index in [0.29, 0.717) is 11.4 Å². The molecular formula is C17H20N2O2. The van der Waals surface area contributed by atoms with E-state index in [2.05, 4.69) is 5.32 Å². The molecule has 0 heterocycles. The minimum absolute atomic E-state index is 0.194. The summed E-state index contributed by atoms with van der Waals surface area (Å²) in [5, 5.41) is 2.80. The molecule has 3 N–H and O–H groups in total. The van der Waals surface area contributed by atoms with Crippen LogP contribution in [0.25, 0.3) is 0 Å². The maximum atomic E-state index is 12.1. The molecule has 0 spiro atoms. The summed E-state index contributed by atoms with van der Waals surface area (Å²) >= 11 is 0. The molecule has 0 saturated heterocycles. The number of nitrogen functional groups attached to an aromatic ring is 1. The lowest BCUT2D eigenvalue weighted by Gasteiger charge is -2.16. The first-order valence-corrected chi connectivity index (χ1v) is 6.86. The number of carbonyl (C=O) groups is 1. The summed E-state index contributed by atoms with van der Waals surface area (Å²) in [4.78, 5) is 12.1. The first kappa shape index (κ1) is 14.9. The zero-order valence-electron chi connectivity index (χ0n) is 12.5. The summed E-state index contributed by atoms with van der Waals surface area (Å²) in [5.74, 6) is 0.538. The van der Waals surface area contributed by atoms with Crippen molar-refractivity contribution in [1.82, 2.24) is 0 Å². The van der Waals surface area contributed by atoms with Crippen molar-refractivity contribution in [1.29, 1.82) is 0 Å². The lowest BCUT2D eigenvalue weighted by molar-refractivity contribution is -0.122. The maximum absolute atomic E-state index is 12.1. The summed E-state index contributed by atoms with van der Waals surface area (Å²) in [6.07, 6.45) is -0.581. The number of rotatable bonds is 4. The molecule has 0 bridgehead atoms. The van der Waals surface area contributed by atoms with E-state index in [0.717, 1.165) is 16.9 Å². The Morgan fingerprint density at radius 1 is 1.14 bits per heavy atom. The topological polar surface area (TPSA) is 64.3 Å². The molecule has 2 rings (SSSR count). The lowest BCUT2D eigenvalue weighted by Crippen LogP contribution is -2.30. The number of amides is 1. The van der Waals surface area contributed by atoms with Crippen molar-refractivity contribution < 1.29 is 9.53 Å². The van der Waals surface area contributed by atoms with Crippen LogP contribution in [0.1, 0.15) is 18.1 Å². The Balaban J connectivity index is 2.02. The number of aryl methyl sites for hydroxylation is 2. The number of carbonyl (C=O) groups excluding carboxylic acids is 1. The summed E-state index contributed by atoms with van der Waals surface area (Å²) in [6, 6.07) is 12.9. The van der Waals surface area contributed by atoms with Gasteiger partial charge in [-0.2, -0.15) is 0 Å². The second-order valence-electron chi connectivity index (χ2n) is 5.14. The fourth-order valence-electron chi connectivity index (χ4n) is 1.89. The van der Waals surface area contributed by atoms with Gasteiger partial charge in [-0.15, -0.1) is 0 Å². The Morgan fingerprint density at radius 2 is 1.81 bits per heavy atom. The third-order valence-corrected chi connectivity index (χ3v) is 3.19. The quantitative estimate of drug-likeness (QED) is 0.847. The smallest absolute Gasteiger partial charge is 0.265 e. The second kappa shape index (κ2) is 6.31. The molecule has 1 unspecified atom stereocenters. The van der Waals surface area contributed by atoms with Gasteiger partial charge in [0.2, 0.25) is 0 Å². The third kappa shape index (κ3) is 3.99.